The summed E-state index contributed by atoms with van der Waals surface area (Å²) < 4.78 is 24.0. The van der Waals surface area contributed by atoms with Gasteiger partial charge in [-0.2, -0.15) is 0 Å². The van der Waals surface area contributed by atoms with Crippen molar-refractivity contribution in [2.45, 2.75) is 0 Å². The molecule has 33 heavy (non-hydrogen) atoms. The third kappa shape index (κ3) is 4.44. The first kappa shape index (κ1) is 22.1. The second-order valence-corrected chi connectivity index (χ2v) is 7.82. The standard InChI is InChI=1S/C22H18FN5O4S/c1-28(13-5-6-15(23)16(8-13)31-2)21(29)20-27-19-14(10-24-11-17(19)33-20)12-4-7-18(25-9-12)26-22(30)32-3/h4-11H,1-3H3,(H,25,26,30). The summed E-state index contributed by atoms with van der Waals surface area (Å²) in [7, 11) is 4.21. The van der Waals surface area contributed by atoms with Crippen molar-refractivity contribution in [1.29, 1.82) is 0 Å². The Labute approximate surface area is 191 Å². The highest BCUT2D eigenvalue weighted by atomic mass is 32.1. The predicted molar refractivity (Wildman–Crippen MR) is 122 cm³/mol. The minimum atomic E-state index is -0.621. The summed E-state index contributed by atoms with van der Waals surface area (Å²) >= 11 is 1.20. The van der Waals surface area contributed by atoms with Gasteiger partial charge in [0.1, 0.15) is 5.82 Å². The van der Waals surface area contributed by atoms with Crippen molar-refractivity contribution < 1.29 is 23.5 Å². The molecule has 4 rings (SSSR count). The number of methoxy groups -OCH3 is 2. The van der Waals surface area contributed by atoms with E-state index in [1.54, 1.807) is 37.8 Å². The van der Waals surface area contributed by atoms with Gasteiger partial charge in [-0.15, -0.1) is 11.3 Å². The number of fused-ring (bicyclic) bond motifs is 1. The van der Waals surface area contributed by atoms with Crippen molar-refractivity contribution in [2.75, 3.05) is 31.5 Å². The first-order valence-electron chi connectivity index (χ1n) is 9.58. The molecule has 0 aliphatic rings. The van der Waals surface area contributed by atoms with Gasteiger partial charge in [-0.1, -0.05) is 0 Å². The van der Waals surface area contributed by atoms with E-state index in [1.807, 2.05) is 0 Å². The van der Waals surface area contributed by atoms with Crippen LogP contribution in [-0.2, 0) is 4.74 Å². The Balaban J connectivity index is 1.64. The average Bonchev–Trinajstić information content (AvgIpc) is 3.28. The molecule has 0 bridgehead atoms. The van der Waals surface area contributed by atoms with Crippen LogP contribution in [0.4, 0.5) is 20.7 Å². The topological polar surface area (TPSA) is 107 Å². The molecule has 0 fully saturated rings. The lowest BCUT2D eigenvalue weighted by Crippen LogP contribution is -2.26. The van der Waals surface area contributed by atoms with Gasteiger partial charge in [0.05, 0.1) is 24.4 Å². The monoisotopic (exact) mass is 467 g/mol. The lowest BCUT2D eigenvalue weighted by Gasteiger charge is -2.16. The van der Waals surface area contributed by atoms with Crippen molar-refractivity contribution in [2.24, 2.45) is 0 Å². The number of nitrogens with one attached hydrogen (secondary N) is 1. The van der Waals surface area contributed by atoms with Gasteiger partial charge in [0.2, 0.25) is 0 Å². The van der Waals surface area contributed by atoms with Gasteiger partial charge in [-0.3, -0.25) is 15.1 Å². The summed E-state index contributed by atoms with van der Waals surface area (Å²) in [5.74, 6) is -0.498. The molecule has 1 aromatic carbocycles. The van der Waals surface area contributed by atoms with E-state index < -0.39 is 11.9 Å². The summed E-state index contributed by atoms with van der Waals surface area (Å²) in [5, 5.41) is 2.73. The lowest BCUT2D eigenvalue weighted by molar-refractivity contribution is 0.0992. The minimum absolute atomic E-state index is 0.0422. The highest BCUT2D eigenvalue weighted by Crippen LogP contribution is 2.32. The Morgan fingerprint density at radius 2 is 1.94 bits per heavy atom. The normalized spacial score (nSPS) is 10.7. The van der Waals surface area contributed by atoms with Gasteiger partial charge < -0.3 is 14.4 Å². The number of rotatable bonds is 5. The van der Waals surface area contributed by atoms with Gasteiger partial charge in [0, 0.05) is 48.5 Å². The molecule has 0 saturated heterocycles. The van der Waals surface area contributed by atoms with E-state index in [9.17, 15) is 14.0 Å². The molecule has 168 valence electrons. The number of pyridine rings is 2. The Bertz CT molecular complexity index is 1340. The highest BCUT2D eigenvalue weighted by Gasteiger charge is 2.21. The molecule has 4 aromatic rings. The molecule has 11 heteroatoms. The zero-order valence-corrected chi connectivity index (χ0v) is 18.6. The molecule has 0 radical (unpaired) electrons. The quantitative estimate of drug-likeness (QED) is 0.465. The number of ether oxygens (including phenoxy) is 2. The molecule has 3 heterocycles. The maximum Gasteiger partial charge on any atom is 0.412 e. The summed E-state index contributed by atoms with van der Waals surface area (Å²) in [6.07, 6.45) is 4.22. The van der Waals surface area contributed by atoms with Crippen molar-refractivity contribution in [3.05, 3.63) is 59.7 Å². The molecular weight excluding hydrogens is 449 g/mol. The zero-order valence-electron chi connectivity index (χ0n) is 17.8. The molecule has 9 nitrogen and oxygen atoms in total. The average molecular weight is 467 g/mol. The molecule has 0 spiro atoms. The number of amides is 2. The Kier molecular flexibility index (Phi) is 6.13. The van der Waals surface area contributed by atoms with Crippen molar-refractivity contribution >= 4 is 45.1 Å². The van der Waals surface area contributed by atoms with Gasteiger partial charge in [-0.05, 0) is 24.3 Å². The molecule has 0 atom stereocenters. The van der Waals surface area contributed by atoms with E-state index in [-0.39, 0.29) is 16.7 Å². The number of aromatic nitrogens is 3. The number of nitrogens with zero attached hydrogens (tertiary/aromatic N) is 4. The number of benzene rings is 1. The molecule has 1 N–H and O–H groups in total. The number of thiazole rings is 1. The summed E-state index contributed by atoms with van der Waals surface area (Å²) in [4.78, 5) is 38.8. The molecule has 0 aliphatic carbocycles. The zero-order chi connectivity index (χ0) is 23.5. The summed E-state index contributed by atoms with van der Waals surface area (Å²) in [6, 6.07) is 7.56. The third-order valence-electron chi connectivity index (χ3n) is 4.80. The maximum atomic E-state index is 13.7. The van der Waals surface area contributed by atoms with Crippen LogP contribution in [0.1, 0.15) is 9.80 Å². The Hall–Kier alpha value is -4.12. The van der Waals surface area contributed by atoms with Crippen molar-refractivity contribution in [1.82, 2.24) is 15.0 Å². The van der Waals surface area contributed by atoms with Crippen LogP contribution in [-0.4, -0.2) is 48.2 Å². The van der Waals surface area contributed by atoms with Gasteiger partial charge >= 0.3 is 6.09 Å². The smallest absolute Gasteiger partial charge is 0.412 e. The number of anilines is 2. The minimum Gasteiger partial charge on any atom is -0.494 e. The van der Waals surface area contributed by atoms with Crippen molar-refractivity contribution in [3.8, 4) is 16.9 Å². The molecule has 0 aliphatic heterocycles. The summed E-state index contributed by atoms with van der Waals surface area (Å²) in [6.45, 7) is 0. The molecular formula is C22H18FN5O4S. The van der Waals surface area contributed by atoms with E-state index in [4.69, 9.17) is 4.74 Å². The van der Waals surface area contributed by atoms with Gasteiger partial charge in [-0.25, -0.2) is 19.2 Å². The Morgan fingerprint density at radius 1 is 1.12 bits per heavy atom. The fraction of sp³-hybridized carbons (Fsp3) is 0.136. The highest BCUT2D eigenvalue weighted by molar-refractivity contribution is 7.20. The second-order valence-electron chi connectivity index (χ2n) is 6.78. The van der Waals surface area contributed by atoms with E-state index in [0.717, 1.165) is 4.70 Å². The van der Waals surface area contributed by atoms with Crippen molar-refractivity contribution in [3.63, 3.8) is 0 Å². The fourth-order valence-corrected chi connectivity index (χ4v) is 3.99. The van der Waals surface area contributed by atoms with E-state index >= 15 is 0 Å². The summed E-state index contributed by atoms with van der Waals surface area (Å²) in [5.41, 5.74) is 2.46. The number of halogens is 1. The number of hydrogen-bond donors (Lipinski definition) is 1. The molecule has 3 aromatic heterocycles. The number of carbonyl (C=O) groups is 2. The third-order valence-corrected chi connectivity index (χ3v) is 5.78. The van der Waals surface area contributed by atoms with E-state index in [2.05, 4.69) is 25.0 Å². The van der Waals surface area contributed by atoms with Crippen LogP contribution in [0, 0.1) is 5.82 Å². The predicted octanol–water partition coefficient (Wildman–Crippen LogP) is 4.36. The molecule has 0 unspecified atom stereocenters. The van der Waals surface area contributed by atoms with Crippen LogP contribution in [0.5, 0.6) is 5.75 Å². The van der Waals surface area contributed by atoms with E-state index in [1.165, 1.54) is 48.7 Å². The lowest BCUT2D eigenvalue weighted by atomic mass is 10.1. The largest absolute Gasteiger partial charge is 0.494 e. The first-order chi connectivity index (χ1) is 15.9. The maximum absolute atomic E-state index is 13.7. The van der Waals surface area contributed by atoms with Crippen LogP contribution in [0.3, 0.4) is 0 Å². The van der Waals surface area contributed by atoms with Crippen LogP contribution in [0.2, 0.25) is 0 Å². The SMILES string of the molecule is COC(=O)Nc1ccc(-c2cncc3sc(C(=O)N(C)c4ccc(F)c(OC)c4)nc23)cn1. The van der Waals surface area contributed by atoms with Crippen LogP contribution in [0.15, 0.2) is 48.9 Å². The van der Waals surface area contributed by atoms with E-state index in [0.29, 0.717) is 28.1 Å². The second kappa shape index (κ2) is 9.17. The van der Waals surface area contributed by atoms with Crippen LogP contribution < -0.4 is 15.0 Å². The first-order valence-corrected chi connectivity index (χ1v) is 10.4. The molecule has 2 amide bonds. The number of carbonyl (C=O) groups excluding carboxylic acids is 2. The Morgan fingerprint density at radius 3 is 2.64 bits per heavy atom. The number of hydrogen-bond acceptors (Lipinski definition) is 8. The van der Waals surface area contributed by atoms with Crippen LogP contribution in [0.25, 0.3) is 21.3 Å². The van der Waals surface area contributed by atoms with Crippen LogP contribution >= 0.6 is 11.3 Å². The van der Waals surface area contributed by atoms with Gasteiger partial charge in [0.25, 0.3) is 5.91 Å². The fourth-order valence-electron chi connectivity index (χ4n) is 3.06. The van der Waals surface area contributed by atoms with Gasteiger partial charge in [0.15, 0.2) is 16.6 Å². The molecule has 0 saturated carbocycles.